The fourth-order valence-corrected chi connectivity index (χ4v) is 3.72. The van der Waals surface area contributed by atoms with Gasteiger partial charge in [-0.2, -0.15) is 14.5 Å². The smallest absolute Gasteiger partial charge is 0.370 e. The summed E-state index contributed by atoms with van der Waals surface area (Å²) in [5.41, 5.74) is -0.294. The number of aromatic nitrogens is 5. The zero-order valence-electron chi connectivity index (χ0n) is 14.8. The van der Waals surface area contributed by atoms with Crippen molar-refractivity contribution < 1.29 is 4.74 Å². The summed E-state index contributed by atoms with van der Waals surface area (Å²) in [7, 11) is 0. The Bertz CT molecular complexity index is 1270. The molecule has 150 valence electrons. The molecule has 1 aromatic carbocycles. The molecule has 0 saturated heterocycles. The summed E-state index contributed by atoms with van der Waals surface area (Å²) in [6, 6.07) is 2.78. The monoisotopic (exact) mass is 436 g/mol. The third-order valence-electron chi connectivity index (χ3n) is 4.59. The van der Waals surface area contributed by atoms with Gasteiger partial charge in [0.1, 0.15) is 6.20 Å². The molecule has 3 N–H and O–H groups in total. The molecule has 1 aliphatic carbocycles. The predicted molar refractivity (Wildman–Crippen MR) is 106 cm³/mol. The number of nitrogens with two attached hydrogens (primary N) is 1. The standard InChI is InChI=1S/C17H14Cl2N6O4/c18-11-5-8(25-17(28)24(20)13(26)7-21-25)6-12(19)14(11)29-16-10-4-2-1-3-9(10)15(27)22-23-16/h5-7H,1-4,20H2,(H,22,27). The van der Waals surface area contributed by atoms with Crippen molar-refractivity contribution in [1.82, 2.24) is 24.7 Å². The Labute approximate surface area is 172 Å². The minimum atomic E-state index is -0.866. The van der Waals surface area contributed by atoms with Crippen molar-refractivity contribution in [2.45, 2.75) is 25.7 Å². The van der Waals surface area contributed by atoms with Gasteiger partial charge in [0.15, 0.2) is 5.75 Å². The van der Waals surface area contributed by atoms with Gasteiger partial charge in [0.25, 0.3) is 11.1 Å². The van der Waals surface area contributed by atoms with E-state index in [0.29, 0.717) is 23.1 Å². The predicted octanol–water partition coefficient (Wildman–Crippen LogP) is 1.17. The van der Waals surface area contributed by atoms with Gasteiger partial charge >= 0.3 is 5.69 Å². The minimum Gasteiger partial charge on any atom is -0.434 e. The molecule has 1 aliphatic rings. The van der Waals surface area contributed by atoms with Crippen LogP contribution in [0.2, 0.25) is 10.0 Å². The molecule has 0 fully saturated rings. The second kappa shape index (κ2) is 7.37. The molecular weight excluding hydrogens is 423 g/mol. The normalized spacial score (nSPS) is 13.2. The Morgan fingerprint density at radius 1 is 1.07 bits per heavy atom. The molecule has 0 amide bonds. The lowest BCUT2D eigenvalue weighted by molar-refractivity contribution is 0.440. The van der Waals surface area contributed by atoms with Gasteiger partial charge in [-0.1, -0.05) is 23.2 Å². The van der Waals surface area contributed by atoms with E-state index in [1.165, 1.54) is 12.1 Å². The second-order valence-corrected chi connectivity index (χ2v) is 7.22. The number of fused-ring (bicyclic) bond motifs is 1. The fraction of sp³-hybridized carbons (Fsp3) is 0.235. The van der Waals surface area contributed by atoms with Crippen LogP contribution in [0.25, 0.3) is 5.69 Å². The van der Waals surface area contributed by atoms with Crippen molar-refractivity contribution >= 4 is 23.2 Å². The van der Waals surface area contributed by atoms with Gasteiger partial charge in [0.2, 0.25) is 5.88 Å². The first kappa shape index (κ1) is 19.2. The first-order valence-electron chi connectivity index (χ1n) is 8.61. The highest BCUT2D eigenvalue weighted by molar-refractivity contribution is 6.37. The van der Waals surface area contributed by atoms with Gasteiger partial charge in [0, 0.05) is 11.1 Å². The average Bonchev–Trinajstić information content (AvgIpc) is 2.70. The van der Waals surface area contributed by atoms with E-state index < -0.39 is 11.2 Å². The number of nitrogens with one attached hydrogen (secondary N) is 1. The van der Waals surface area contributed by atoms with Gasteiger partial charge in [-0.15, -0.1) is 5.10 Å². The van der Waals surface area contributed by atoms with E-state index in [4.69, 9.17) is 33.8 Å². The van der Waals surface area contributed by atoms with Crippen molar-refractivity contribution in [3.8, 4) is 17.3 Å². The highest BCUT2D eigenvalue weighted by atomic mass is 35.5. The molecule has 0 radical (unpaired) electrons. The SMILES string of the molecule is Nn1c(=O)cnn(-c2cc(Cl)c(Oc3n[nH]c(=O)c4c3CCCC4)c(Cl)c2)c1=O. The Hall–Kier alpha value is -3.11. The number of hydrogen-bond donors (Lipinski definition) is 2. The topological polar surface area (TPSA) is 138 Å². The first-order chi connectivity index (χ1) is 13.9. The van der Waals surface area contributed by atoms with Crippen LogP contribution in [-0.4, -0.2) is 24.7 Å². The lowest BCUT2D eigenvalue weighted by atomic mass is 9.94. The van der Waals surface area contributed by atoms with E-state index in [1.807, 2.05) is 0 Å². The number of ether oxygens (including phenoxy) is 1. The third-order valence-corrected chi connectivity index (χ3v) is 5.16. The molecule has 10 nitrogen and oxygen atoms in total. The lowest BCUT2D eigenvalue weighted by Gasteiger charge is -2.18. The summed E-state index contributed by atoms with van der Waals surface area (Å²) in [6.45, 7) is 0. The Kier molecular flexibility index (Phi) is 4.89. The van der Waals surface area contributed by atoms with Crippen molar-refractivity contribution in [2.75, 3.05) is 5.84 Å². The number of hydrogen-bond acceptors (Lipinski definition) is 7. The largest absolute Gasteiger partial charge is 0.434 e. The molecule has 0 spiro atoms. The van der Waals surface area contributed by atoms with E-state index in [2.05, 4.69) is 15.3 Å². The fourth-order valence-electron chi connectivity index (χ4n) is 3.17. The van der Waals surface area contributed by atoms with Crippen LogP contribution < -0.4 is 27.4 Å². The highest BCUT2D eigenvalue weighted by Gasteiger charge is 2.21. The molecule has 0 saturated carbocycles. The molecule has 0 unspecified atom stereocenters. The summed E-state index contributed by atoms with van der Waals surface area (Å²) in [6.07, 6.45) is 4.03. The maximum absolute atomic E-state index is 12.2. The van der Waals surface area contributed by atoms with E-state index in [9.17, 15) is 14.4 Å². The van der Waals surface area contributed by atoms with Crippen LogP contribution >= 0.6 is 23.2 Å². The maximum Gasteiger partial charge on any atom is 0.370 e. The van der Waals surface area contributed by atoms with E-state index in [0.717, 1.165) is 29.3 Å². The van der Waals surface area contributed by atoms with E-state index in [1.54, 1.807) is 0 Å². The number of nitrogen functional groups attached to an aromatic ring is 1. The molecule has 0 aliphatic heterocycles. The van der Waals surface area contributed by atoms with Crippen molar-refractivity contribution in [2.24, 2.45) is 0 Å². The summed E-state index contributed by atoms with van der Waals surface area (Å²) in [4.78, 5) is 35.6. The van der Waals surface area contributed by atoms with Gasteiger partial charge < -0.3 is 10.6 Å². The van der Waals surface area contributed by atoms with Crippen LogP contribution in [0.5, 0.6) is 11.6 Å². The Morgan fingerprint density at radius 3 is 2.41 bits per heavy atom. The number of nitrogens with zero attached hydrogens (tertiary/aromatic N) is 4. The molecule has 2 aromatic heterocycles. The summed E-state index contributed by atoms with van der Waals surface area (Å²) < 4.78 is 7.11. The minimum absolute atomic E-state index is 0.0773. The van der Waals surface area contributed by atoms with Crippen LogP contribution in [0, 0.1) is 0 Å². The maximum atomic E-state index is 12.2. The zero-order chi connectivity index (χ0) is 20.7. The van der Waals surface area contributed by atoms with Gasteiger partial charge in [-0.3, -0.25) is 9.59 Å². The van der Waals surface area contributed by atoms with Crippen molar-refractivity contribution in [3.05, 3.63) is 70.7 Å². The van der Waals surface area contributed by atoms with Crippen LogP contribution in [-0.2, 0) is 12.8 Å². The molecule has 3 aromatic rings. The third kappa shape index (κ3) is 3.40. The molecule has 0 bridgehead atoms. The summed E-state index contributed by atoms with van der Waals surface area (Å²) in [5.74, 6) is 5.74. The molecule has 29 heavy (non-hydrogen) atoms. The average molecular weight is 437 g/mol. The van der Waals surface area contributed by atoms with E-state index >= 15 is 0 Å². The zero-order valence-corrected chi connectivity index (χ0v) is 16.3. The van der Waals surface area contributed by atoms with Gasteiger partial charge in [-0.25, -0.2) is 9.89 Å². The molecule has 2 heterocycles. The van der Waals surface area contributed by atoms with Crippen LogP contribution in [0.4, 0.5) is 0 Å². The summed E-state index contributed by atoms with van der Waals surface area (Å²) in [5, 5.41) is 10.3. The first-order valence-corrected chi connectivity index (χ1v) is 9.36. The van der Waals surface area contributed by atoms with E-state index in [-0.39, 0.29) is 32.9 Å². The van der Waals surface area contributed by atoms with Crippen molar-refractivity contribution in [3.63, 3.8) is 0 Å². The number of halogens is 2. The number of H-pyrrole nitrogens is 1. The number of benzene rings is 1. The Morgan fingerprint density at radius 2 is 1.72 bits per heavy atom. The number of aromatic amines is 1. The van der Waals surface area contributed by atoms with Crippen molar-refractivity contribution in [1.29, 1.82) is 0 Å². The van der Waals surface area contributed by atoms with Crippen LogP contribution in [0.15, 0.2) is 32.7 Å². The molecule has 12 heteroatoms. The molecule has 4 rings (SSSR count). The van der Waals surface area contributed by atoms with Crippen LogP contribution in [0.3, 0.4) is 0 Å². The highest BCUT2D eigenvalue weighted by Crippen LogP contribution is 2.39. The lowest BCUT2D eigenvalue weighted by Crippen LogP contribution is -2.44. The Balaban J connectivity index is 1.77. The summed E-state index contributed by atoms with van der Waals surface area (Å²) >= 11 is 12.6. The molecule has 0 atom stereocenters. The second-order valence-electron chi connectivity index (χ2n) is 6.41. The van der Waals surface area contributed by atoms with Gasteiger partial charge in [-0.05, 0) is 37.8 Å². The van der Waals surface area contributed by atoms with Gasteiger partial charge in [0.05, 0.1) is 15.7 Å². The molecular formula is C17H14Cl2N6O4. The quantitative estimate of drug-likeness (QED) is 0.587. The van der Waals surface area contributed by atoms with Crippen LogP contribution in [0.1, 0.15) is 24.0 Å². The number of rotatable bonds is 3.